The van der Waals surface area contributed by atoms with Crippen LogP contribution in [0.15, 0.2) is 23.4 Å². The van der Waals surface area contributed by atoms with E-state index in [1.807, 2.05) is 12.1 Å². The lowest BCUT2D eigenvalue weighted by molar-refractivity contribution is 0.274. The van der Waals surface area contributed by atoms with Crippen molar-refractivity contribution in [3.05, 3.63) is 34.9 Å². The van der Waals surface area contributed by atoms with Crippen LogP contribution in [0.5, 0.6) is 0 Å². The molecular formula is C17H27N3O. The number of nitrogens with one attached hydrogen (secondary N) is 1. The Balaban J connectivity index is 1.86. The fourth-order valence-corrected chi connectivity index (χ4v) is 3.27. The molecule has 1 fully saturated rings. The molecule has 2 atom stereocenters. The van der Waals surface area contributed by atoms with Crippen LogP contribution in [0.3, 0.4) is 0 Å². The predicted molar refractivity (Wildman–Crippen MR) is 86.5 cm³/mol. The van der Waals surface area contributed by atoms with E-state index in [0.29, 0.717) is 0 Å². The summed E-state index contributed by atoms with van der Waals surface area (Å²) in [5.74, 6) is 1.87. The molecule has 1 aromatic carbocycles. The minimum absolute atomic E-state index is 0.161. The number of benzene rings is 1. The molecule has 0 amide bonds. The summed E-state index contributed by atoms with van der Waals surface area (Å²) < 4.78 is 0. The van der Waals surface area contributed by atoms with E-state index >= 15 is 0 Å². The highest BCUT2D eigenvalue weighted by Gasteiger charge is 2.18. The Morgan fingerprint density at radius 1 is 1.43 bits per heavy atom. The van der Waals surface area contributed by atoms with Gasteiger partial charge in [0.25, 0.3) is 0 Å². The highest BCUT2D eigenvalue weighted by molar-refractivity contribution is 5.97. The zero-order valence-electron chi connectivity index (χ0n) is 13.1. The zero-order chi connectivity index (χ0) is 15.2. The molecule has 0 heterocycles. The first-order valence-electron chi connectivity index (χ1n) is 7.88. The molecule has 4 nitrogen and oxygen atoms in total. The molecule has 0 aromatic heterocycles. The summed E-state index contributed by atoms with van der Waals surface area (Å²) >= 11 is 0. The number of aryl methyl sites for hydroxylation is 1. The van der Waals surface area contributed by atoms with E-state index < -0.39 is 0 Å². The van der Waals surface area contributed by atoms with E-state index in [1.165, 1.54) is 36.8 Å². The summed E-state index contributed by atoms with van der Waals surface area (Å²) in [7, 11) is 0. The SMILES string of the molecule is Cc1cc(/C(N)=N/O)ccc1CNCC1CCCC(C)C1. The highest BCUT2D eigenvalue weighted by atomic mass is 16.4. The van der Waals surface area contributed by atoms with Crippen LogP contribution in [-0.4, -0.2) is 17.6 Å². The normalized spacial score (nSPS) is 23.2. The Kier molecular flexibility index (Phi) is 5.62. The molecule has 0 saturated heterocycles. The number of rotatable bonds is 5. The summed E-state index contributed by atoms with van der Waals surface area (Å²) in [5.41, 5.74) is 8.81. The second kappa shape index (κ2) is 7.46. The van der Waals surface area contributed by atoms with Crippen molar-refractivity contribution in [2.75, 3.05) is 6.54 Å². The van der Waals surface area contributed by atoms with Crippen molar-refractivity contribution in [1.82, 2.24) is 5.32 Å². The van der Waals surface area contributed by atoms with Gasteiger partial charge in [-0.05, 0) is 55.3 Å². The summed E-state index contributed by atoms with van der Waals surface area (Å²) in [6.07, 6.45) is 5.49. The number of nitrogens with two attached hydrogens (primary N) is 1. The minimum atomic E-state index is 0.161. The van der Waals surface area contributed by atoms with E-state index in [0.717, 1.165) is 30.5 Å². The van der Waals surface area contributed by atoms with Crippen LogP contribution in [0.2, 0.25) is 0 Å². The molecule has 0 radical (unpaired) electrons. The van der Waals surface area contributed by atoms with Crippen molar-refractivity contribution in [2.24, 2.45) is 22.7 Å². The number of oxime groups is 1. The molecule has 4 N–H and O–H groups in total. The molecule has 21 heavy (non-hydrogen) atoms. The molecule has 1 saturated carbocycles. The summed E-state index contributed by atoms with van der Waals surface area (Å²) in [6, 6.07) is 5.93. The first-order valence-corrected chi connectivity index (χ1v) is 7.88. The Morgan fingerprint density at radius 3 is 2.90 bits per heavy atom. The highest BCUT2D eigenvalue weighted by Crippen LogP contribution is 2.28. The average molecular weight is 289 g/mol. The lowest BCUT2D eigenvalue weighted by Crippen LogP contribution is -2.26. The monoisotopic (exact) mass is 289 g/mol. The number of amidine groups is 1. The van der Waals surface area contributed by atoms with Gasteiger partial charge < -0.3 is 16.3 Å². The van der Waals surface area contributed by atoms with E-state index in [2.05, 4.69) is 30.4 Å². The number of hydrogen-bond donors (Lipinski definition) is 3. The van der Waals surface area contributed by atoms with E-state index in [1.54, 1.807) is 0 Å². The fourth-order valence-electron chi connectivity index (χ4n) is 3.27. The van der Waals surface area contributed by atoms with E-state index in [-0.39, 0.29) is 5.84 Å². The van der Waals surface area contributed by atoms with Gasteiger partial charge in [-0.3, -0.25) is 0 Å². The van der Waals surface area contributed by atoms with Gasteiger partial charge in [0.05, 0.1) is 0 Å². The van der Waals surface area contributed by atoms with Crippen LogP contribution < -0.4 is 11.1 Å². The third-order valence-corrected chi connectivity index (χ3v) is 4.54. The largest absolute Gasteiger partial charge is 0.409 e. The maximum atomic E-state index is 8.71. The molecule has 0 bridgehead atoms. The van der Waals surface area contributed by atoms with Gasteiger partial charge in [0, 0.05) is 12.1 Å². The third kappa shape index (κ3) is 4.46. The van der Waals surface area contributed by atoms with Crippen molar-refractivity contribution in [2.45, 2.75) is 46.1 Å². The Labute approximate surface area is 127 Å². The Hall–Kier alpha value is -1.55. The van der Waals surface area contributed by atoms with Gasteiger partial charge in [-0.25, -0.2) is 0 Å². The molecule has 116 valence electrons. The molecule has 1 aromatic rings. The van der Waals surface area contributed by atoms with E-state index in [9.17, 15) is 0 Å². The molecular weight excluding hydrogens is 262 g/mol. The topological polar surface area (TPSA) is 70.6 Å². The van der Waals surface area contributed by atoms with E-state index in [4.69, 9.17) is 10.9 Å². The van der Waals surface area contributed by atoms with Crippen LogP contribution in [-0.2, 0) is 6.54 Å². The van der Waals surface area contributed by atoms with Crippen molar-refractivity contribution >= 4 is 5.84 Å². The van der Waals surface area contributed by atoms with Crippen molar-refractivity contribution in [3.63, 3.8) is 0 Å². The predicted octanol–water partition coefficient (Wildman–Crippen LogP) is 3.01. The Bertz CT molecular complexity index is 499. The average Bonchev–Trinajstić information content (AvgIpc) is 2.48. The Morgan fingerprint density at radius 2 is 2.24 bits per heavy atom. The number of nitrogens with zero attached hydrogens (tertiary/aromatic N) is 1. The molecule has 1 aliphatic carbocycles. The molecule has 0 aliphatic heterocycles. The smallest absolute Gasteiger partial charge is 0.170 e. The maximum Gasteiger partial charge on any atom is 0.170 e. The second-order valence-corrected chi connectivity index (χ2v) is 6.40. The quantitative estimate of drug-likeness (QED) is 0.338. The second-order valence-electron chi connectivity index (χ2n) is 6.40. The van der Waals surface area contributed by atoms with Crippen LogP contribution in [0, 0.1) is 18.8 Å². The zero-order valence-corrected chi connectivity index (χ0v) is 13.1. The van der Waals surface area contributed by atoms with Gasteiger partial charge in [-0.1, -0.05) is 37.1 Å². The van der Waals surface area contributed by atoms with Gasteiger partial charge in [-0.15, -0.1) is 0 Å². The first-order chi connectivity index (χ1) is 10.1. The maximum absolute atomic E-state index is 8.71. The summed E-state index contributed by atoms with van der Waals surface area (Å²) in [5, 5.41) is 15.3. The molecule has 1 aliphatic rings. The molecule has 4 heteroatoms. The fraction of sp³-hybridized carbons (Fsp3) is 0.588. The van der Waals surface area contributed by atoms with Gasteiger partial charge in [0.2, 0.25) is 0 Å². The lowest BCUT2D eigenvalue weighted by Gasteiger charge is -2.27. The van der Waals surface area contributed by atoms with Crippen LogP contribution in [0.1, 0.15) is 49.3 Å². The molecule has 2 rings (SSSR count). The third-order valence-electron chi connectivity index (χ3n) is 4.54. The van der Waals surface area contributed by atoms with Crippen LogP contribution >= 0.6 is 0 Å². The molecule has 0 spiro atoms. The standard InChI is InChI=1S/C17H27N3O/c1-12-4-3-5-14(8-12)10-19-11-16-7-6-15(9-13(16)2)17(18)20-21/h6-7,9,12,14,19,21H,3-5,8,10-11H2,1-2H3,(H2,18,20). The van der Waals surface area contributed by atoms with Crippen LogP contribution in [0.4, 0.5) is 0 Å². The summed E-state index contributed by atoms with van der Waals surface area (Å²) in [4.78, 5) is 0. The van der Waals surface area contributed by atoms with Gasteiger partial charge in [-0.2, -0.15) is 0 Å². The lowest BCUT2D eigenvalue weighted by atomic mass is 9.82. The minimum Gasteiger partial charge on any atom is -0.409 e. The molecule has 2 unspecified atom stereocenters. The van der Waals surface area contributed by atoms with Crippen molar-refractivity contribution in [3.8, 4) is 0 Å². The van der Waals surface area contributed by atoms with Crippen LogP contribution in [0.25, 0.3) is 0 Å². The van der Waals surface area contributed by atoms with Crippen molar-refractivity contribution < 1.29 is 5.21 Å². The van der Waals surface area contributed by atoms with Gasteiger partial charge in [0.1, 0.15) is 0 Å². The van der Waals surface area contributed by atoms with Crippen molar-refractivity contribution in [1.29, 1.82) is 0 Å². The van der Waals surface area contributed by atoms with Gasteiger partial charge >= 0.3 is 0 Å². The number of hydrogen-bond acceptors (Lipinski definition) is 3. The van der Waals surface area contributed by atoms with Gasteiger partial charge in [0.15, 0.2) is 5.84 Å². The summed E-state index contributed by atoms with van der Waals surface area (Å²) in [6.45, 7) is 6.41. The first kappa shape index (κ1) is 15.8.